The Hall–Kier alpha value is -3.40. The fourth-order valence-electron chi connectivity index (χ4n) is 5.34. The summed E-state index contributed by atoms with van der Waals surface area (Å²) in [4.78, 5) is 19.5. The lowest BCUT2D eigenvalue weighted by Gasteiger charge is -2.31. The number of carbonyl (C=O) groups is 1. The third-order valence-corrected chi connectivity index (χ3v) is 9.09. The number of aliphatic hydroxyl groups excluding tert-OH is 1. The van der Waals surface area contributed by atoms with E-state index < -0.39 is 11.6 Å². The molecule has 240 valence electrons. The Kier molecular flexibility index (Phi) is 12.1. The highest BCUT2D eigenvalue weighted by molar-refractivity contribution is 9.10. The van der Waals surface area contributed by atoms with Crippen LogP contribution < -0.4 is 15.6 Å². The molecule has 0 fully saturated rings. The molecule has 0 radical (unpaired) electrons. The number of unbranched alkanes of at least 4 members (excludes halogenated alkanes) is 1. The van der Waals surface area contributed by atoms with Crippen LogP contribution in [-0.4, -0.2) is 42.2 Å². The van der Waals surface area contributed by atoms with Crippen molar-refractivity contribution in [3.8, 4) is 5.75 Å². The Balaban J connectivity index is 1.44. The van der Waals surface area contributed by atoms with Crippen LogP contribution in [-0.2, 0) is 22.4 Å². The second-order valence-corrected chi connectivity index (χ2v) is 12.7. The van der Waals surface area contributed by atoms with Crippen LogP contribution in [0.2, 0.25) is 10.0 Å². The fourth-order valence-corrected chi connectivity index (χ4v) is 6.28. The quantitative estimate of drug-likeness (QED) is 0.0866. The number of nitrogens with zero attached hydrogens (tertiary/aromatic N) is 1. The molecule has 1 aliphatic rings. The normalized spacial score (nSPS) is 17.3. The highest BCUT2D eigenvalue weighted by atomic mass is 79.9. The van der Waals surface area contributed by atoms with Gasteiger partial charge in [0.2, 0.25) is 5.90 Å². The van der Waals surface area contributed by atoms with Gasteiger partial charge < -0.3 is 14.6 Å². The van der Waals surface area contributed by atoms with Crippen LogP contribution in [0.3, 0.4) is 0 Å². The third kappa shape index (κ3) is 8.49. The summed E-state index contributed by atoms with van der Waals surface area (Å²) in [6.07, 6.45) is 2.71. The Morgan fingerprint density at radius 3 is 2.46 bits per heavy atom. The molecule has 0 bridgehead atoms. The Labute approximate surface area is 288 Å². The molecule has 3 N–H and O–H groups in total. The van der Waals surface area contributed by atoms with E-state index in [9.17, 15) is 4.79 Å². The second kappa shape index (κ2) is 16.4. The van der Waals surface area contributed by atoms with Gasteiger partial charge in [0.1, 0.15) is 5.75 Å². The molecule has 0 saturated carbocycles. The monoisotopic (exact) mass is 723 g/mol. The number of hydrogen-bond donors (Lipinski definition) is 3. The zero-order valence-corrected chi connectivity index (χ0v) is 28.3. The first-order valence-electron chi connectivity index (χ1n) is 15.3. The van der Waals surface area contributed by atoms with E-state index in [0.29, 0.717) is 52.4 Å². The zero-order chi connectivity index (χ0) is 32.4. The number of carbonyl (C=O) groups excluding carboxylic acids is 1. The van der Waals surface area contributed by atoms with Crippen molar-refractivity contribution in [2.75, 3.05) is 19.8 Å². The largest absolute Gasteiger partial charge is 0.494 e. The molecule has 1 aliphatic heterocycles. The summed E-state index contributed by atoms with van der Waals surface area (Å²) in [7, 11) is 0. The van der Waals surface area contributed by atoms with Crippen molar-refractivity contribution in [3.63, 3.8) is 0 Å². The molecule has 0 saturated heterocycles. The minimum absolute atomic E-state index is 0.0571. The first-order chi connectivity index (χ1) is 22.4. The first-order valence-corrected chi connectivity index (χ1v) is 16.8. The number of benzene rings is 4. The highest BCUT2D eigenvalue weighted by Crippen LogP contribution is 2.45. The van der Waals surface area contributed by atoms with Gasteiger partial charge in [0, 0.05) is 51.6 Å². The van der Waals surface area contributed by atoms with Gasteiger partial charge >= 0.3 is 0 Å². The number of amides is 1. The van der Waals surface area contributed by atoms with Gasteiger partial charge in [0.05, 0.1) is 6.61 Å². The zero-order valence-electron chi connectivity index (χ0n) is 25.2. The maximum atomic E-state index is 14.4. The number of nitrogens with one attached hydrogen (secondary N) is 2. The van der Waals surface area contributed by atoms with E-state index in [0.717, 1.165) is 29.3 Å². The number of rotatable bonds is 15. The van der Waals surface area contributed by atoms with Crippen molar-refractivity contribution in [1.82, 2.24) is 10.9 Å². The van der Waals surface area contributed by atoms with Gasteiger partial charge in [-0.25, -0.2) is 10.4 Å². The van der Waals surface area contributed by atoms with Crippen molar-refractivity contribution >= 4 is 50.9 Å². The molecular weight excluding hydrogens is 689 g/mol. The van der Waals surface area contributed by atoms with E-state index >= 15 is 0 Å². The lowest BCUT2D eigenvalue weighted by atomic mass is 9.82. The van der Waals surface area contributed by atoms with Crippen molar-refractivity contribution in [1.29, 1.82) is 0 Å². The number of halogens is 3. The van der Waals surface area contributed by atoms with Gasteiger partial charge in [-0.15, -0.1) is 0 Å². The lowest BCUT2D eigenvalue weighted by molar-refractivity contribution is -0.130. The van der Waals surface area contributed by atoms with Crippen LogP contribution in [0.15, 0.2) is 107 Å². The van der Waals surface area contributed by atoms with Gasteiger partial charge in [-0.2, -0.15) is 0 Å². The Morgan fingerprint density at radius 2 is 1.72 bits per heavy atom. The average molecular weight is 726 g/mol. The van der Waals surface area contributed by atoms with Crippen molar-refractivity contribution in [2.24, 2.45) is 4.99 Å². The number of ether oxygens (including phenoxy) is 2. The minimum atomic E-state index is -1.43. The highest BCUT2D eigenvalue weighted by Gasteiger charge is 2.54. The van der Waals surface area contributed by atoms with Crippen molar-refractivity contribution in [3.05, 3.63) is 134 Å². The molecule has 4 aromatic carbocycles. The fraction of sp³-hybridized carbons (Fsp3) is 0.278. The maximum absolute atomic E-state index is 14.4. The van der Waals surface area contributed by atoms with E-state index in [2.05, 4.69) is 38.9 Å². The third-order valence-electron chi connectivity index (χ3n) is 7.75. The summed E-state index contributed by atoms with van der Waals surface area (Å²) in [5.41, 5.74) is 8.10. The molecule has 0 spiro atoms. The van der Waals surface area contributed by atoms with Gasteiger partial charge in [-0.1, -0.05) is 93.7 Å². The average Bonchev–Trinajstić information content (AvgIpc) is 3.44. The van der Waals surface area contributed by atoms with Crippen LogP contribution in [0.4, 0.5) is 0 Å². The SMILES string of the molecule is O=C(NNCCCCc1ccccc1)[C@@]1(Cc2ccccc2Br)N=C(c2ccc(OCCCO)cc2)O[C@H]1c1ccc(Cl)cc1Cl. The van der Waals surface area contributed by atoms with Crippen LogP contribution in [0, 0.1) is 0 Å². The smallest absolute Gasteiger partial charge is 0.266 e. The number of aliphatic hydroxyl groups is 1. The van der Waals surface area contributed by atoms with Gasteiger partial charge in [0.25, 0.3) is 5.91 Å². The van der Waals surface area contributed by atoms with E-state index in [1.54, 1.807) is 18.2 Å². The summed E-state index contributed by atoms with van der Waals surface area (Å²) in [5, 5.41) is 9.92. The van der Waals surface area contributed by atoms with E-state index in [1.807, 2.05) is 66.7 Å². The molecule has 7 nitrogen and oxygen atoms in total. The summed E-state index contributed by atoms with van der Waals surface area (Å²) in [6.45, 7) is 1.05. The molecule has 0 aromatic heterocycles. The predicted molar refractivity (Wildman–Crippen MR) is 187 cm³/mol. The summed E-state index contributed by atoms with van der Waals surface area (Å²) < 4.78 is 13.1. The molecular formula is C36H36BrCl2N3O4. The van der Waals surface area contributed by atoms with Gasteiger partial charge in [-0.3, -0.25) is 10.2 Å². The molecule has 46 heavy (non-hydrogen) atoms. The lowest BCUT2D eigenvalue weighted by Crippen LogP contribution is -2.54. The van der Waals surface area contributed by atoms with Crippen LogP contribution in [0.5, 0.6) is 5.75 Å². The van der Waals surface area contributed by atoms with Crippen molar-refractivity contribution < 1.29 is 19.4 Å². The van der Waals surface area contributed by atoms with E-state index in [-0.39, 0.29) is 18.9 Å². The predicted octanol–water partition coefficient (Wildman–Crippen LogP) is 7.66. The van der Waals surface area contributed by atoms with Gasteiger partial charge in [0.15, 0.2) is 11.6 Å². The van der Waals surface area contributed by atoms with Gasteiger partial charge in [-0.05, 0) is 72.9 Å². The van der Waals surface area contributed by atoms with Crippen LogP contribution >= 0.6 is 39.1 Å². The van der Waals surface area contributed by atoms with Crippen LogP contribution in [0.1, 0.15) is 47.6 Å². The molecule has 2 atom stereocenters. The molecule has 4 aromatic rings. The van der Waals surface area contributed by atoms with Crippen molar-refractivity contribution in [2.45, 2.75) is 43.7 Å². The number of aliphatic imine (C=N–C) groups is 1. The molecule has 0 aliphatic carbocycles. The summed E-state index contributed by atoms with van der Waals surface area (Å²) >= 11 is 16.7. The summed E-state index contributed by atoms with van der Waals surface area (Å²) in [6, 6.07) is 30.6. The molecule has 1 heterocycles. The van der Waals surface area contributed by atoms with E-state index in [1.165, 1.54) is 5.56 Å². The number of hydrogen-bond acceptors (Lipinski definition) is 6. The van der Waals surface area contributed by atoms with Crippen LogP contribution in [0.25, 0.3) is 0 Å². The Bertz CT molecular complexity index is 1640. The molecule has 5 rings (SSSR count). The molecule has 0 unspecified atom stereocenters. The number of hydrazine groups is 1. The Morgan fingerprint density at radius 1 is 0.957 bits per heavy atom. The topological polar surface area (TPSA) is 92.2 Å². The number of aryl methyl sites for hydroxylation is 1. The molecule has 1 amide bonds. The first kappa shape index (κ1) is 33.9. The summed E-state index contributed by atoms with van der Waals surface area (Å²) in [5.74, 6) is 0.617. The second-order valence-electron chi connectivity index (χ2n) is 11.0. The standard InChI is InChI=1S/C36H36BrCl2N3O4/c37-31-13-5-4-12-27(31)24-36(35(44)42-40-20-7-6-11-25-9-2-1-3-10-25)33(30-19-16-28(38)23-32(30)39)46-34(41-36)26-14-17-29(18-15-26)45-22-8-21-43/h1-5,9-10,12-19,23,33,40,43H,6-8,11,20-22,24H2,(H,42,44)/t33-,36-/m0/s1. The minimum Gasteiger partial charge on any atom is -0.494 e. The van der Waals surface area contributed by atoms with E-state index in [4.69, 9.17) is 42.8 Å². The molecule has 10 heteroatoms. The maximum Gasteiger partial charge on any atom is 0.266 e.